The number of hydrogen-bond donors (Lipinski definition) is 2. The Morgan fingerprint density at radius 3 is 1.13 bits per heavy atom. The van der Waals surface area contributed by atoms with Gasteiger partial charge >= 0.3 is 0 Å². The van der Waals surface area contributed by atoms with Crippen LogP contribution in [0.1, 0.15) is 67.2 Å². The molecule has 0 rings (SSSR count). The average molecular weight is 333 g/mol. The van der Waals surface area contributed by atoms with Gasteiger partial charge in [-0.25, -0.2) is 0 Å². The van der Waals surface area contributed by atoms with E-state index in [2.05, 4.69) is 41.5 Å². The van der Waals surface area contributed by atoms with Crippen LogP contribution in [0, 0.1) is 16.2 Å². The summed E-state index contributed by atoms with van der Waals surface area (Å²) in [6.07, 6.45) is 3.68. The predicted molar refractivity (Wildman–Crippen MR) is 95.6 cm³/mol. The molecule has 0 saturated heterocycles. The quantitative estimate of drug-likeness (QED) is 0.510. The lowest BCUT2D eigenvalue weighted by molar-refractivity contribution is -0.0668. The molecule has 0 heterocycles. The Labute approximate surface area is 143 Å². The van der Waals surface area contributed by atoms with E-state index in [1.54, 1.807) is 0 Å². The second kappa shape index (κ2) is 10.7. The van der Waals surface area contributed by atoms with Crippen molar-refractivity contribution in [3.63, 3.8) is 0 Å². The average Bonchev–Trinajstić information content (AvgIpc) is 2.56. The molecule has 0 radical (unpaired) electrons. The lowest BCUT2D eigenvalue weighted by Gasteiger charge is -2.33. The van der Waals surface area contributed by atoms with Gasteiger partial charge in [0.15, 0.2) is 0 Å². The Morgan fingerprint density at radius 2 is 0.913 bits per heavy atom. The summed E-state index contributed by atoms with van der Waals surface area (Å²) in [4.78, 5) is 0. The third-order valence-electron chi connectivity index (χ3n) is 5.47. The summed E-state index contributed by atoms with van der Waals surface area (Å²) < 4.78 is 11.8. The van der Waals surface area contributed by atoms with Crippen LogP contribution in [0.3, 0.4) is 0 Å². The molecule has 4 nitrogen and oxygen atoms in total. The van der Waals surface area contributed by atoms with Crippen molar-refractivity contribution in [1.29, 1.82) is 0 Å². The van der Waals surface area contributed by atoms with Crippen molar-refractivity contribution < 1.29 is 19.7 Å². The Balaban J connectivity index is 4.29. The molecule has 0 aromatic carbocycles. The minimum absolute atomic E-state index is 0.0780. The van der Waals surface area contributed by atoms with Crippen LogP contribution >= 0.6 is 0 Å². The summed E-state index contributed by atoms with van der Waals surface area (Å²) >= 11 is 0. The molecule has 0 aromatic heterocycles. The van der Waals surface area contributed by atoms with Gasteiger partial charge in [0.25, 0.3) is 0 Å². The van der Waals surface area contributed by atoms with Gasteiger partial charge in [-0.2, -0.15) is 0 Å². The van der Waals surface area contributed by atoms with Crippen molar-refractivity contribution >= 4 is 0 Å². The second-order valence-electron chi connectivity index (χ2n) is 7.88. The van der Waals surface area contributed by atoms with Crippen LogP contribution in [-0.4, -0.2) is 49.9 Å². The molecule has 0 saturated carbocycles. The summed E-state index contributed by atoms with van der Waals surface area (Å²) in [5.41, 5.74) is -0.313. The monoisotopic (exact) mass is 332 g/mol. The molecule has 0 unspecified atom stereocenters. The first-order chi connectivity index (χ1) is 10.8. The molecule has 0 atom stereocenters. The first kappa shape index (κ1) is 22.8. The van der Waals surface area contributed by atoms with E-state index in [1.165, 1.54) is 0 Å². The zero-order chi connectivity index (χ0) is 18.0. The summed E-state index contributed by atoms with van der Waals surface area (Å²) in [6.45, 7) is 15.4. The van der Waals surface area contributed by atoms with Gasteiger partial charge in [0.1, 0.15) is 0 Å². The minimum atomic E-state index is -0.118. The number of rotatable bonds is 14. The fourth-order valence-electron chi connectivity index (χ4n) is 2.58. The predicted octanol–water partition coefficient (Wildman–Crippen LogP) is 3.64. The summed E-state index contributed by atoms with van der Waals surface area (Å²) in [7, 11) is 0. The fraction of sp³-hybridized carbons (Fsp3) is 1.00. The van der Waals surface area contributed by atoms with Gasteiger partial charge in [0, 0.05) is 16.2 Å². The summed E-state index contributed by atoms with van der Waals surface area (Å²) in [6, 6.07) is 0. The largest absolute Gasteiger partial charge is 0.396 e. The van der Waals surface area contributed by atoms with E-state index in [9.17, 15) is 10.2 Å². The smallest absolute Gasteiger partial charge is 0.0544 e. The van der Waals surface area contributed by atoms with Crippen LogP contribution in [0.4, 0.5) is 0 Å². The van der Waals surface area contributed by atoms with Crippen molar-refractivity contribution in [3.8, 4) is 0 Å². The first-order valence-electron chi connectivity index (χ1n) is 9.15. The van der Waals surface area contributed by atoms with Crippen molar-refractivity contribution in [2.45, 2.75) is 67.2 Å². The Kier molecular flexibility index (Phi) is 10.6. The summed E-state index contributed by atoms with van der Waals surface area (Å²) in [5.74, 6) is 0. The van der Waals surface area contributed by atoms with E-state index in [-0.39, 0.29) is 29.5 Å². The molecule has 2 N–H and O–H groups in total. The lowest BCUT2D eigenvalue weighted by atomic mass is 9.84. The van der Waals surface area contributed by atoms with Crippen molar-refractivity contribution in [1.82, 2.24) is 0 Å². The van der Waals surface area contributed by atoms with Crippen LogP contribution in [0.25, 0.3) is 0 Å². The van der Waals surface area contributed by atoms with Gasteiger partial charge in [-0.1, -0.05) is 41.5 Å². The standard InChI is InChI=1S/C19H40O4/c1-7-18(8-2,11-20)15-22-13-17(5,6)14-23-16-19(9-3,10-4)12-21/h20-21H,7-16H2,1-6H3. The topological polar surface area (TPSA) is 58.9 Å². The van der Waals surface area contributed by atoms with E-state index < -0.39 is 0 Å². The highest BCUT2D eigenvalue weighted by molar-refractivity contribution is 4.78. The van der Waals surface area contributed by atoms with Gasteiger partial charge in [-0.3, -0.25) is 0 Å². The normalized spacial score (nSPS) is 13.6. The summed E-state index contributed by atoms with van der Waals surface area (Å²) in [5, 5.41) is 19.2. The molecule has 0 bridgehead atoms. The van der Waals surface area contributed by atoms with Crippen LogP contribution in [0.2, 0.25) is 0 Å². The number of hydrogen-bond acceptors (Lipinski definition) is 4. The molecule has 4 heteroatoms. The molecule has 0 aromatic rings. The molecule has 23 heavy (non-hydrogen) atoms. The van der Waals surface area contributed by atoms with Crippen molar-refractivity contribution in [2.24, 2.45) is 16.2 Å². The molecule has 0 aliphatic carbocycles. The molecule has 0 aliphatic heterocycles. The zero-order valence-electron chi connectivity index (χ0n) is 16.3. The maximum Gasteiger partial charge on any atom is 0.0544 e. The SMILES string of the molecule is CCC(CC)(CO)COCC(C)(C)COCC(CC)(CC)CO. The van der Waals surface area contributed by atoms with Crippen molar-refractivity contribution in [3.05, 3.63) is 0 Å². The lowest BCUT2D eigenvalue weighted by Crippen LogP contribution is -2.35. The van der Waals surface area contributed by atoms with Gasteiger partial charge in [0.05, 0.1) is 39.6 Å². The highest BCUT2D eigenvalue weighted by Crippen LogP contribution is 2.29. The van der Waals surface area contributed by atoms with Gasteiger partial charge < -0.3 is 19.7 Å². The third-order valence-corrected chi connectivity index (χ3v) is 5.47. The van der Waals surface area contributed by atoms with Crippen LogP contribution in [0.15, 0.2) is 0 Å². The van der Waals surface area contributed by atoms with Gasteiger partial charge in [-0.05, 0) is 25.7 Å². The number of aliphatic hydroxyl groups excluding tert-OH is 2. The Bertz CT molecular complexity index is 249. The molecule has 140 valence electrons. The van der Waals surface area contributed by atoms with Crippen molar-refractivity contribution in [2.75, 3.05) is 39.6 Å². The van der Waals surface area contributed by atoms with E-state index in [0.717, 1.165) is 25.7 Å². The molecule has 0 amide bonds. The second-order valence-corrected chi connectivity index (χ2v) is 7.88. The fourth-order valence-corrected chi connectivity index (χ4v) is 2.58. The van der Waals surface area contributed by atoms with E-state index in [0.29, 0.717) is 26.4 Å². The maximum absolute atomic E-state index is 9.59. The first-order valence-corrected chi connectivity index (χ1v) is 9.15. The van der Waals surface area contributed by atoms with E-state index in [1.807, 2.05) is 0 Å². The van der Waals surface area contributed by atoms with Crippen LogP contribution in [0.5, 0.6) is 0 Å². The number of aliphatic hydroxyl groups is 2. The zero-order valence-corrected chi connectivity index (χ0v) is 16.3. The highest BCUT2D eigenvalue weighted by atomic mass is 16.5. The molecular weight excluding hydrogens is 292 g/mol. The molecule has 0 aliphatic rings. The minimum Gasteiger partial charge on any atom is -0.396 e. The van der Waals surface area contributed by atoms with Crippen LogP contribution < -0.4 is 0 Å². The number of ether oxygens (including phenoxy) is 2. The Hall–Kier alpha value is -0.160. The van der Waals surface area contributed by atoms with Crippen LogP contribution in [-0.2, 0) is 9.47 Å². The van der Waals surface area contributed by atoms with Gasteiger partial charge in [0.2, 0.25) is 0 Å². The van der Waals surface area contributed by atoms with E-state index >= 15 is 0 Å². The van der Waals surface area contributed by atoms with Gasteiger partial charge in [-0.15, -0.1) is 0 Å². The molecule has 0 spiro atoms. The highest BCUT2D eigenvalue weighted by Gasteiger charge is 2.29. The third kappa shape index (κ3) is 7.51. The molecule has 0 fully saturated rings. The van der Waals surface area contributed by atoms with E-state index in [4.69, 9.17) is 9.47 Å². The Morgan fingerprint density at radius 1 is 0.609 bits per heavy atom. The molecular formula is C19H40O4. The maximum atomic E-state index is 9.59.